The van der Waals surface area contributed by atoms with Crippen molar-refractivity contribution in [3.63, 3.8) is 0 Å². The number of halogens is 1. The van der Waals surface area contributed by atoms with E-state index in [-0.39, 0.29) is 24.0 Å². The van der Waals surface area contributed by atoms with Crippen LogP contribution in [-0.2, 0) is 13.1 Å². The SMILES string of the molecule is CCNC(=NCc1ccc(Cn2cnc3ccccc32)cc1)NC1CC=CC1.I. The smallest absolute Gasteiger partial charge is 0.191 e. The summed E-state index contributed by atoms with van der Waals surface area (Å²) in [7, 11) is 0. The maximum absolute atomic E-state index is 4.74. The van der Waals surface area contributed by atoms with Crippen molar-refractivity contribution in [2.75, 3.05) is 6.54 Å². The van der Waals surface area contributed by atoms with Crippen LogP contribution in [-0.4, -0.2) is 28.1 Å². The van der Waals surface area contributed by atoms with Crippen molar-refractivity contribution >= 4 is 41.0 Å². The van der Waals surface area contributed by atoms with Crippen LogP contribution in [0.15, 0.2) is 72.0 Å². The molecule has 2 aromatic carbocycles. The predicted molar refractivity (Wildman–Crippen MR) is 131 cm³/mol. The zero-order valence-corrected chi connectivity index (χ0v) is 19.0. The van der Waals surface area contributed by atoms with Gasteiger partial charge in [0.05, 0.1) is 23.9 Å². The second-order valence-corrected chi connectivity index (χ2v) is 7.16. The molecule has 2 N–H and O–H groups in total. The first-order valence-electron chi connectivity index (χ1n) is 9.99. The van der Waals surface area contributed by atoms with E-state index in [0.717, 1.165) is 37.4 Å². The molecule has 5 nitrogen and oxygen atoms in total. The molecule has 0 spiro atoms. The lowest BCUT2D eigenvalue weighted by Crippen LogP contribution is -2.42. The van der Waals surface area contributed by atoms with Crippen molar-refractivity contribution in [2.24, 2.45) is 4.99 Å². The van der Waals surface area contributed by atoms with Crippen molar-refractivity contribution < 1.29 is 0 Å². The lowest BCUT2D eigenvalue weighted by molar-refractivity contribution is 0.633. The summed E-state index contributed by atoms with van der Waals surface area (Å²) in [6.07, 6.45) is 8.51. The summed E-state index contributed by atoms with van der Waals surface area (Å²) >= 11 is 0. The van der Waals surface area contributed by atoms with E-state index in [4.69, 9.17) is 4.99 Å². The number of rotatable bonds is 6. The molecule has 1 aromatic heterocycles. The van der Waals surface area contributed by atoms with Crippen LogP contribution in [0, 0.1) is 0 Å². The number of fused-ring (bicyclic) bond motifs is 1. The largest absolute Gasteiger partial charge is 0.357 e. The lowest BCUT2D eigenvalue weighted by atomic mass is 10.1. The van der Waals surface area contributed by atoms with E-state index in [2.05, 4.69) is 75.7 Å². The van der Waals surface area contributed by atoms with Gasteiger partial charge >= 0.3 is 0 Å². The molecule has 1 aliphatic carbocycles. The van der Waals surface area contributed by atoms with Gasteiger partial charge in [0.1, 0.15) is 0 Å². The molecule has 0 unspecified atom stereocenters. The van der Waals surface area contributed by atoms with Gasteiger partial charge in [-0.1, -0.05) is 48.6 Å². The first kappa shape index (κ1) is 21.4. The standard InChI is InChI=1S/C23H27N5.HI/c1-2-24-23(27-20-7-3-4-8-20)25-15-18-11-13-19(14-12-18)16-28-17-26-21-9-5-6-10-22(21)28;/h3-6,9-14,17,20H,2,7-8,15-16H2,1H3,(H2,24,25,27);1H. The van der Waals surface area contributed by atoms with Gasteiger partial charge in [0, 0.05) is 19.1 Å². The topological polar surface area (TPSA) is 54.2 Å². The molecule has 0 fully saturated rings. The van der Waals surface area contributed by atoms with Crippen molar-refractivity contribution in [1.29, 1.82) is 0 Å². The molecular formula is C23H28IN5. The minimum absolute atomic E-state index is 0. The highest BCUT2D eigenvalue weighted by molar-refractivity contribution is 14.0. The second kappa shape index (κ2) is 10.4. The third kappa shape index (κ3) is 5.59. The molecule has 1 aliphatic rings. The summed E-state index contributed by atoms with van der Waals surface area (Å²) in [6, 6.07) is 17.4. The van der Waals surface area contributed by atoms with Gasteiger partial charge in [0.15, 0.2) is 5.96 Å². The number of nitrogens with one attached hydrogen (secondary N) is 2. The molecule has 6 heteroatoms. The highest BCUT2D eigenvalue weighted by Crippen LogP contribution is 2.15. The van der Waals surface area contributed by atoms with Gasteiger partial charge in [0.2, 0.25) is 0 Å². The van der Waals surface area contributed by atoms with Gasteiger partial charge in [-0.05, 0) is 43.0 Å². The molecule has 4 rings (SSSR count). The molecular weight excluding hydrogens is 473 g/mol. The Balaban J connectivity index is 0.00000240. The number of benzene rings is 2. The van der Waals surface area contributed by atoms with Gasteiger partial charge in [-0.15, -0.1) is 24.0 Å². The molecule has 0 atom stereocenters. The quantitative estimate of drug-likeness (QED) is 0.227. The molecule has 3 aromatic rings. The van der Waals surface area contributed by atoms with Gasteiger partial charge in [-0.2, -0.15) is 0 Å². The van der Waals surface area contributed by atoms with Crippen LogP contribution in [0.4, 0.5) is 0 Å². The minimum atomic E-state index is 0. The third-order valence-corrected chi connectivity index (χ3v) is 5.02. The van der Waals surface area contributed by atoms with Gasteiger partial charge in [-0.25, -0.2) is 9.98 Å². The number of hydrogen-bond acceptors (Lipinski definition) is 2. The van der Waals surface area contributed by atoms with Gasteiger partial charge in [-0.3, -0.25) is 0 Å². The Morgan fingerprint density at radius 2 is 1.79 bits per heavy atom. The van der Waals surface area contributed by atoms with Crippen LogP contribution < -0.4 is 10.6 Å². The molecule has 0 bridgehead atoms. The minimum Gasteiger partial charge on any atom is -0.357 e. The fraction of sp³-hybridized carbons (Fsp3) is 0.304. The van der Waals surface area contributed by atoms with Crippen LogP contribution in [0.1, 0.15) is 30.9 Å². The zero-order chi connectivity index (χ0) is 19.2. The Morgan fingerprint density at radius 3 is 2.55 bits per heavy atom. The van der Waals surface area contributed by atoms with Gasteiger partial charge in [0.25, 0.3) is 0 Å². The molecule has 0 saturated carbocycles. The van der Waals surface area contributed by atoms with Crippen LogP contribution in [0.25, 0.3) is 11.0 Å². The van der Waals surface area contributed by atoms with Crippen LogP contribution >= 0.6 is 24.0 Å². The molecule has 0 aliphatic heterocycles. The zero-order valence-electron chi connectivity index (χ0n) is 16.7. The predicted octanol–water partition coefficient (Wildman–Crippen LogP) is 4.48. The van der Waals surface area contributed by atoms with E-state index >= 15 is 0 Å². The summed E-state index contributed by atoms with van der Waals surface area (Å²) in [6.45, 7) is 4.45. The Bertz CT molecular complexity index is 966. The van der Waals surface area contributed by atoms with Crippen molar-refractivity contribution in [1.82, 2.24) is 20.2 Å². The van der Waals surface area contributed by atoms with E-state index in [0.29, 0.717) is 12.6 Å². The molecule has 152 valence electrons. The van der Waals surface area contributed by atoms with E-state index in [1.54, 1.807) is 0 Å². The van der Waals surface area contributed by atoms with Crippen molar-refractivity contribution in [3.8, 4) is 0 Å². The van der Waals surface area contributed by atoms with Crippen molar-refractivity contribution in [3.05, 3.63) is 78.1 Å². The molecule has 1 heterocycles. The third-order valence-electron chi connectivity index (χ3n) is 5.02. The average molecular weight is 501 g/mol. The highest BCUT2D eigenvalue weighted by atomic mass is 127. The number of nitrogens with zero attached hydrogens (tertiary/aromatic N) is 3. The van der Waals surface area contributed by atoms with E-state index in [1.807, 2.05) is 18.5 Å². The average Bonchev–Trinajstić information content (AvgIpc) is 3.38. The summed E-state index contributed by atoms with van der Waals surface area (Å²) < 4.78 is 2.19. The number of para-hydroxylation sites is 2. The summed E-state index contributed by atoms with van der Waals surface area (Å²) in [5, 5.41) is 6.85. The summed E-state index contributed by atoms with van der Waals surface area (Å²) in [4.78, 5) is 9.21. The second-order valence-electron chi connectivity index (χ2n) is 7.16. The number of imidazole rings is 1. The first-order chi connectivity index (χ1) is 13.8. The molecule has 0 amide bonds. The monoisotopic (exact) mass is 501 g/mol. The number of aromatic nitrogens is 2. The van der Waals surface area contributed by atoms with E-state index in [9.17, 15) is 0 Å². The Labute approximate surface area is 189 Å². The molecule has 0 radical (unpaired) electrons. The summed E-state index contributed by atoms with van der Waals surface area (Å²) in [5.74, 6) is 0.894. The summed E-state index contributed by atoms with van der Waals surface area (Å²) in [5.41, 5.74) is 4.67. The Morgan fingerprint density at radius 1 is 1.07 bits per heavy atom. The fourth-order valence-corrected chi connectivity index (χ4v) is 3.50. The number of hydrogen-bond donors (Lipinski definition) is 2. The highest BCUT2D eigenvalue weighted by Gasteiger charge is 2.11. The van der Waals surface area contributed by atoms with E-state index < -0.39 is 0 Å². The van der Waals surface area contributed by atoms with Crippen molar-refractivity contribution in [2.45, 2.75) is 38.9 Å². The van der Waals surface area contributed by atoms with Crippen LogP contribution in [0.3, 0.4) is 0 Å². The van der Waals surface area contributed by atoms with E-state index in [1.165, 1.54) is 16.6 Å². The lowest BCUT2D eigenvalue weighted by Gasteiger charge is -2.16. The fourth-order valence-electron chi connectivity index (χ4n) is 3.50. The maximum atomic E-state index is 4.74. The van der Waals surface area contributed by atoms with Crippen LogP contribution in [0.5, 0.6) is 0 Å². The number of guanidine groups is 1. The van der Waals surface area contributed by atoms with Gasteiger partial charge < -0.3 is 15.2 Å². The normalized spacial score (nSPS) is 14.2. The first-order valence-corrected chi connectivity index (χ1v) is 9.99. The Hall–Kier alpha value is -2.35. The number of aliphatic imine (C=N–C) groups is 1. The van der Waals surface area contributed by atoms with Crippen LogP contribution in [0.2, 0.25) is 0 Å². The Kier molecular flexibility index (Phi) is 7.69. The molecule has 0 saturated heterocycles. The maximum Gasteiger partial charge on any atom is 0.191 e. The molecule has 29 heavy (non-hydrogen) atoms.